The Balaban J connectivity index is 1.52. The van der Waals surface area contributed by atoms with Crippen LogP contribution in [0.2, 0.25) is 0 Å². The van der Waals surface area contributed by atoms with E-state index in [9.17, 15) is 4.79 Å². The number of amides is 1. The van der Waals surface area contributed by atoms with Crippen LogP contribution in [0, 0.1) is 13.8 Å². The van der Waals surface area contributed by atoms with Crippen LogP contribution in [0.3, 0.4) is 0 Å². The van der Waals surface area contributed by atoms with E-state index in [4.69, 9.17) is 0 Å². The summed E-state index contributed by atoms with van der Waals surface area (Å²) < 4.78 is 0. The number of nitrogens with one attached hydrogen (secondary N) is 3. The number of rotatable bonds is 7. The molecule has 3 N–H and O–H groups in total. The molecule has 0 atom stereocenters. The average Bonchev–Trinajstić information content (AvgIpc) is 2.70. The Labute approximate surface area is 183 Å². The first-order chi connectivity index (χ1) is 14.7. The molecule has 7 heteroatoms. The molecule has 7 nitrogen and oxygen atoms in total. The molecule has 0 spiro atoms. The third kappa shape index (κ3) is 6.50. The molecule has 3 aromatic rings. The summed E-state index contributed by atoms with van der Waals surface area (Å²) >= 11 is 0. The van der Waals surface area contributed by atoms with E-state index in [0.717, 1.165) is 11.4 Å². The lowest BCUT2D eigenvalue weighted by atomic mass is 9.87. The van der Waals surface area contributed by atoms with Crippen LogP contribution >= 0.6 is 0 Å². The number of hydrogen-bond donors (Lipinski definition) is 3. The molecule has 162 valence electrons. The first-order valence-electron chi connectivity index (χ1n) is 10.4. The fourth-order valence-electron chi connectivity index (χ4n) is 3.05. The Bertz CT molecular complexity index is 1040. The van der Waals surface area contributed by atoms with Crippen LogP contribution in [0.25, 0.3) is 0 Å². The van der Waals surface area contributed by atoms with Crippen molar-refractivity contribution in [2.45, 2.75) is 40.0 Å². The van der Waals surface area contributed by atoms with Gasteiger partial charge in [0.1, 0.15) is 23.3 Å². The van der Waals surface area contributed by atoms with Gasteiger partial charge in [0.2, 0.25) is 0 Å². The molecule has 0 aliphatic carbocycles. The number of carbonyl (C=O) groups excluding carboxylic acids is 1. The largest absolute Gasteiger partial charge is 0.368 e. The van der Waals surface area contributed by atoms with Crippen molar-refractivity contribution < 1.29 is 4.79 Å². The number of aromatic nitrogens is 3. The summed E-state index contributed by atoms with van der Waals surface area (Å²) in [5, 5.41) is 9.36. The molecule has 2 heterocycles. The average molecular weight is 419 g/mol. The van der Waals surface area contributed by atoms with Crippen molar-refractivity contribution >= 4 is 23.4 Å². The van der Waals surface area contributed by atoms with Crippen LogP contribution in [-0.4, -0.2) is 33.9 Å². The molecule has 1 amide bonds. The Hall–Kier alpha value is -3.48. The lowest BCUT2D eigenvalue weighted by molar-refractivity contribution is 0.0955. The van der Waals surface area contributed by atoms with Crippen LogP contribution in [-0.2, 0) is 5.41 Å². The fraction of sp³-hybridized carbons (Fsp3) is 0.333. The normalized spacial score (nSPS) is 11.1. The summed E-state index contributed by atoms with van der Waals surface area (Å²) in [5.41, 5.74) is 3.04. The zero-order valence-corrected chi connectivity index (χ0v) is 18.8. The van der Waals surface area contributed by atoms with E-state index in [1.54, 1.807) is 6.20 Å². The van der Waals surface area contributed by atoms with Gasteiger partial charge in [0.05, 0.1) is 0 Å². The topological polar surface area (TPSA) is 91.8 Å². The van der Waals surface area contributed by atoms with Gasteiger partial charge in [-0.25, -0.2) is 15.0 Å². The molecule has 0 saturated carbocycles. The highest BCUT2D eigenvalue weighted by molar-refractivity contribution is 5.94. The van der Waals surface area contributed by atoms with Gasteiger partial charge < -0.3 is 16.0 Å². The molecule has 0 saturated heterocycles. The summed E-state index contributed by atoms with van der Waals surface area (Å²) in [6, 6.07) is 13.5. The van der Waals surface area contributed by atoms with Gasteiger partial charge in [-0.1, -0.05) is 32.9 Å². The van der Waals surface area contributed by atoms with E-state index in [0.29, 0.717) is 36.1 Å². The van der Waals surface area contributed by atoms with Crippen LogP contribution in [0.5, 0.6) is 0 Å². The molecule has 0 bridgehead atoms. The van der Waals surface area contributed by atoms with E-state index in [2.05, 4.69) is 51.7 Å². The SMILES string of the molecule is Cc1ccnc(Nc2cc(NCCNC(=O)c3ccc(C(C)(C)C)cc3)nc(C)n2)c1. The van der Waals surface area contributed by atoms with E-state index in [1.807, 2.05) is 56.3 Å². The van der Waals surface area contributed by atoms with Gasteiger partial charge in [-0.15, -0.1) is 0 Å². The molecule has 0 aliphatic rings. The highest BCUT2D eigenvalue weighted by atomic mass is 16.1. The maximum Gasteiger partial charge on any atom is 0.251 e. The maximum atomic E-state index is 12.4. The van der Waals surface area contributed by atoms with Crippen molar-refractivity contribution in [2.24, 2.45) is 0 Å². The first kappa shape index (κ1) is 22.2. The number of benzene rings is 1. The second kappa shape index (κ2) is 9.55. The molecule has 0 unspecified atom stereocenters. The van der Waals surface area contributed by atoms with E-state index in [1.165, 1.54) is 5.56 Å². The minimum atomic E-state index is -0.0889. The quantitative estimate of drug-likeness (QED) is 0.494. The van der Waals surface area contributed by atoms with Crippen molar-refractivity contribution in [3.05, 3.63) is 71.2 Å². The highest BCUT2D eigenvalue weighted by Crippen LogP contribution is 2.22. The van der Waals surface area contributed by atoms with Crippen LogP contribution < -0.4 is 16.0 Å². The van der Waals surface area contributed by atoms with E-state index in [-0.39, 0.29) is 11.3 Å². The van der Waals surface area contributed by atoms with Gasteiger partial charge in [-0.3, -0.25) is 4.79 Å². The summed E-state index contributed by atoms with van der Waals surface area (Å²) in [6.07, 6.45) is 1.75. The number of carbonyl (C=O) groups is 1. The molecule has 1 aromatic carbocycles. The van der Waals surface area contributed by atoms with Crippen molar-refractivity contribution in [3.63, 3.8) is 0 Å². The molecule has 0 aliphatic heterocycles. The zero-order valence-electron chi connectivity index (χ0n) is 18.8. The van der Waals surface area contributed by atoms with Gasteiger partial charge in [-0.2, -0.15) is 0 Å². The molecule has 0 radical (unpaired) electrons. The fourth-order valence-corrected chi connectivity index (χ4v) is 3.05. The van der Waals surface area contributed by atoms with Gasteiger partial charge in [-0.05, 0) is 54.7 Å². The van der Waals surface area contributed by atoms with Gasteiger partial charge in [0.15, 0.2) is 0 Å². The van der Waals surface area contributed by atoms with Crippen LogP contribution in [0.4, 0.5) is 17.5 Å². The Morgan fingerprint density at radius 1 is 0.903 bits per heavy atom. The molecule has 31 heavy (non-hydrogen) atoms. The minimum absolute atomic E-state index is 0.0672. The van der Waals surface area contributed by atoms with Crippen LogP contribution in [0.1, 0.15) is 48.1 Å². The lowest BCUT2D eigenvalue weighted by Gasteiger charge is -2.19. The molecular formula is C24H30N6O. The smallest absolute Gasteiger partial charge is 0.251 e. The van der Waals surface area contributed by atoms with E-state index < -0.39 is 0 Å². The Morgan fingerprint density at radius 3 is 2.29 bits per heavy atom. The third-order valence-electron chi connectivity index (χ3n) is 4.74. The monoisotopic (exact) mass is 418 g/mol. The molecular weight excluding hydrogens is 388 g/mol. The molecule has 2 aromatic heterocycles. The number of pyridine rings is 1. The summed E-state index contributed by atoms with van der Waals surface area (Å²) in [4.78, 5) is 25.5. The predicted molar refractivity (Wildman–Crippen MR) is 125 cm³/mol. The van der Waals surface area contributed by atoms with Crippen LogP contribution in [0.15, 0.2) is 48.7 Å². The van der Waals surface area contributed by atoms with E-state index >= 15 is 0 Å². The molecule has 3 rings (SSSR count). The number of anilines is 3. The predicted octanol–water partition coefficient (Wildman–Crippen LogP) is 4.37. The number of aryl methyl sites for hydroxylation is 2. The number of nitrogens with zero attached hydrogens (tertiary/aromatic N) is 3. The van der Waals surface area contributed by atoms with Gasteiger partial charge >= 0.3 is 0 Å². The second-order valence-corrected chi connectivity index (χ2v) is 8.54. The third-order valence-corrected chi connectivity index (χ3v) is 4.74. The maximum absolute atomic E-state index is 12.4. The Morgan fingerprint density at radius 2 is 1.61 bits per heavy atom. The highest BCUT2D eigenvalue weighted by Gasteiger charge is 2.14. The first-order valence-corrected chi connectivity index (χ1v) is 10.4. The van der Waals surface area contributed by atoms with Gasteiger partial charge in [0.25, 0.3) is 5.91 Å². The van der Waals surface area contributed by atoms with Crippen molar-refractivity contribution in [2.75, 3.05) is 23.7 Å². The van der Waals surface area contributed by atoms with Crippen molar-refractivity contribution in [1.29, 1.82) is 0 Å². The summed E-state index contributed by atoms with van der Waals surface area (Å²) in [6.45, 7) is 11.3. The van der Waals surface area contributed by atoms with Gasteiger partial charge in [0, 0.05) is 30.9 Å². The second-order valence-electron chi connectivity index (χ2n) is 8.54. The lowest BCUT2D eigenvalue weighted by Crippen LogP contribution is -2.29. The zero-order chi connectivity index (χ0) is 22.4. The molecule has 0 fully saturated rings. The summed E-state index contributed by atoms with van der Waals surface area (Å²) in [7, 11) is 0. The van der Waals surface area contributed by atoms with Crippen molar-refractivity contribution in [1.82, 2.24) is 20.3 Å². The Kier molecular flexibility index (Phi) is 6.84. The minimum Gasteiger partial charge on any atom is -0.368 e. The van der Waals surface area contributed by atoms with Crippen molar-refractivity contribution in [3.8, 4) is 0 Å². The standard InChI is InChI=1S/C24H30N6O/c1-16-10-11-25-20(14-16)30-22-15-21(28-17(2)29-22)26-12-13-27-23(31)18-6-8-19(9-7-18)24(3,4)5/h6-11,14-15H,12-13H2,1-5H3,(H,27,31)(H2,25,26,28,29,30). The number of hydrogen-bond acceptors (Lipinski definition) is 6. The summed E-state index contributed by atoms with van der Waals surface area (Å²) in [5.74, 6) is 2.63.